The quantitative estimate of drug-likeness (QED) is 0.168. The number of aliphatic imine (C=N–C) groups is 1. The Bertz CT molecular complexity index is 1350. The van der Waals surface area contributed by atoms with Crippen molar-refractivity contribution in [3.05, 3.63) is 23.8 Å². The highest BCUT2D eigenvalue weighted by atomic mass is 19.3. The Balaban J connectivity index is 0.000000681. The minimum Gasteiger partial charge on any atom is -0.331 e. The molecule has 2 atom stereocenters. The van der Waals surface area contributed by atoms with Gasteiger partial charge in [0.05, 0.1) is 35.0 Å². The summed E-state index contributed by atoms with van der Waals surface area (Å²) in [6.45, 7) is 11.6. The number of nitrogens with one attached hydrogen (secondary N) is 2. The summed E-state index contributed by atoms with van der Waals surface area (Å²) in [5, 5.41) is 14.8. The van der Waals surface area contributed by atoms with Crippen LogP contribution in [0.25, 0.3) is 5.78 Å². The van der Waals surface area contributed by atoms with E-state index >= 15 is 0 Å². The van der Waals surface area contributed by atoms with E-state index in [0.717, 1.165) is 19.2 Å². The number of alkyl halides is 4. The maximum atomic E-state index is 14.0. The molecule has 2 aromatic rings. The van der Waals surface area contributed by atoms with Crippen molar-refractivity contribution in [1.82, 2.24) is 29.8 Å². The van der Waals surface area contributed by atoms with Crippen LogP contribution in [-0.4, -0.2) is 86.1 Å². The number of imidazole rings is 1. The Morgan fingerprint density at radius 3 is 2.31 bits per heavy atom. The standard InChI is InChI=1S/C25H38F4N6O.C6H10N2O/c1-6-30-12-11-23(4,34(18(3)36)15-17(2)24(5,26)27)21-14-31-35-16-20(32-22(35)33-21)13-19-7-9-25(28,29)10-8-19;1-4(8-3)6(7)5(2)9/h14,16-17,19,30H,6-13,15H2,1-5H3;7H,1-3H3. The van der Waals surface area contributed by atoms with Gasteiger partial charge in [-0.2, -0.15) is 5.10 Å². The molecule has 3 rings (SSSR count). The first-order valence-corrected chi connectivity index (χ1v) is 15.3. The predicted molar refractivity (Wildman–Crippen MR) is 167 cm³/mol. The van der Waals surface area contributed by atoms with Crippen LogP contribution in [0, 0.1) is 17.2 Å². The van der Waals surface area contributed by atoms with Gasteiger partial charge in [0.1, 0.15) is 5.71 Å². The lowest BCUT2D eigenvalue weighted by molar-refractivity contribution is -0.139. The molecule has 1 aliphatic carbocycles. The number of aromatic nitrogens is 4. The molecular formula is C31H48F4N8O2. The topological polar surface area (TPSA) is 129 Å². The normalized spacial score (nSPS) is 17.6. The molecule has 1 amide bonds. The summed E-state index contributed by atoms with van der Waals surface area (Å²) in [7, 11) is 1.56. The maximum Gasteiger partial charge on any atom is 0.251 e. The van der Waals surface area contributed by atoms with Crippen LogP contribution in [0.4, 0.5) is 17.6 Å². The van der Waals surface area contributed by atoms with Gasteiger partial charge in [0.25, 0.3) is 5.78 Å². The summed E-state index contributed by atoms with van der Waals surface area (Å²) in [6, 6.07) is 0. The van der Waals surface area contributed by atoms with E-state index in [1.165, 1.54) is 30.2 Å². The van der Waals surface area contributed by atoms with Crippen molar-refractivity contribution in [2.45, 2.75) is 104 Å². The number of carbonyl (C=O) groups is 2. The van der Waals surface area contributed by atoms with Crippen LogP contribution in [0.1, 0.15) is 92.0 Å². The zero-order valence-corrected chi connectivity index (χ0v) is 27.7. The molecule has 0 aromatic carbocycles. The lowest BCUT2D eigenvalue weighted by Crippen LogP contribution is -2.52. The van der Waals surface area contributed by atoms with E-state index in [1.807, 2.05) is 13.8 Å². The fraction of sp³-hybridized carbons (Fsp3) is 0.710. The molecule has 0 radical (unpaired) electrons. The molecule has 0 spiro atoms. The molecule has 45 heavy (non-hydrogen) atoms. The van der Waals surface area contributed by atoms with E-state index in [2.05, 4.69) is 20.4 Å². The summed E-state index contributed by atoms with van der Waals surface area (Å²) in [5.74, 6) is -6.69. The number of rotatable bonds is 13. The van der Waals surface area contributed by atoms with Crippen molar-refractivity contribution in [2.24, 2.45) is 16.8 Å². The van der Waals surface area contributed by atoms with Gasteiger partial charge >= 0.3 is 0 Å². The third-order valence-corrected chi connectivity index (χ3v) is 8.52. The van der Waals surface area contributed by atoms with Crippen LogP contribution in [-0.2, 0) is 21.5 Å². The molecule has 252 valence electrons. The fourth-order valence-corrected chi connectivity index (χ4v) is 5.17. The largest absolute Gasteiger partial charge is 0.331 e. The minimum absolute atomic E-state index is 0.00231. The molecule has 10 nitrogen and oxygen atoms in total. The SMILES string of the molecule is CCNCCC(C)(c1cnn2cc(CC3CCC(F)(F)CC3)nc2n1)N(CC(C)C(C)(F)F)C(C)=O.CN=C(C)C(=N)C(C)=O. The summed E-state index contributed by atoms with van der Waals surface area (Å²) in [6.07, 6.45) is 4.99. The highest BCUT2D eigenvalue weighted by molar-refractivity contribution is 6.65. The molecule has 2 aromatic heterocycles. The maximum absolute atomic E-state index is 14.0. The minimum atomic E-state index is -2.95. The molecule has 0 saturated heterocycles. The van der Waals surface area contributed by atoms with Gasteiger partial charge < -0.3 is 10.2 Å². The van der Waals surface area contributed by atoms with Gasteiger partial charge in [0.15, 0.2) is 5.78 Å². The second-order valence-corrected chi connectivity index (χ2v) is 12.2. The first kappa shape index (κ1) is 37.9. The fourth-order valence-electron chi connectivity index (χ4n) is 5.17. The summed E-state index contributed by atoms with van der Waals surface area (Å²) in [4.78, 5) is 37.6. The predicted octanol–water partition coefficient (Wildman–Crippen LogP) is 5.53. The Morgan fingerprint density at radius 1 is 1.20 bits per heavy atom. The number of hydrogen-bond donors (Lipinski definition) is 2. The van der Waals surface area contributed by atoms with Crippen molar-refractivity contribution < 1.29 is 27.2 Å². The Labute approximate surface area is 263 Å². The number of fused-ring (bicyclic) bond motifs is 1. The van der Waals surface area contributed by atoms with E-state index < -0.39 is 23.3 Å². The zero-order valence-electron chi connectivity index (χ0n) is 27.7. The van der Waals surface area contributed by atoms with Crippen LogP contribution >= 0.6 is 0 Å². The average Bonchev–Trinajstić information content (AvgIpc) is 3.37. The second kappa shape index (κ2) is 15.8. The first-order valence-electron chi connectivity index (χ1n) is 15.3. The molecular weight excluding hydrogens is 592 g/mol. The zero-order chi connectivity index (χ0) is 34.2. The van der Waals surface area contributed by atoms with Gasteiger partial charge in [0.2, 0.25) is 17.8 Å². The highest BCUT2D eigenvalue weighted by Gasteiger charge is 2.41. The molecule has 0 aliphatic heterocycles. The molecule has 1 fully saturated rings. The van der Waals surface area contributed by atoms with Gasteiger partial charge in [-0.05, 0) is 65.5 Å². The van der Waals surface area contributed by atoms with Crippen molar-refractivity contribution in [1.29, 1.82) is 5.41 Å². The summed E-state index contributed by atoms with van der Waals surface area (Å²) < 4.78 is 56.6. The number of nitrogens with zero attached hydrogens (tertiary/aromatic N) is 6. The Kier molecular flexibility index (Phi) is 13.3. The number of hydrogen-bond acceptors (Lipinski definition) is 8. The van der Waals surface area contributed by atoms with Gasteiger partial charge in [0, 0.05) is 46.2 Å². The lowest BCUT2D eigenvalue weighted by atomic mass is 9.84. The van der Waals surface area contributed by atoms with Gasteiger partial charge in [-0.15, -0.1) is 0 Å². The monoisotopic (exact) mass is 640 g/mol. The van der Waals surface area contributed by atoms with Crippen LogP contribution in [0.3, 0.4) is 0 Å². The van der Waals surface area contributed by atoms with E-state index in [0.29, 0.717) is 49.4 Å². The van der Waals surface area contributed by atoms with Crippen LogP contribution in [0.5, 0.6) is 0 Å². The molecule has 2 N–H and O–H groups in total. The molecule has 2 heterocycles. The van der Waals surface area contributed by atoms with Crippen LogP contribution in [0.2, 0.25) is 0 Å². The van der Waals surface area contributed by atoms with E-state index in [1.54, 1.807) is 26.4 Å². The number of Topliss-reactive ketones (excluding diaryl/α,β-unsaturated/α-hetero) is 1. The molecule has 0 bridgehead atoms. The number of ketones is 1. The molecule has 1 saturated carbocycles. The summed E-state index contributed by atoms with van der Waals surface area (Å²) >= 11 is 0. The van der Waals surface area contributed by atoms with E-state index in [4.69, 9.17) is 10.4 Å². The van der Waals surface area contributed by atoms with Crippen molar-refractivity contribution >= 4 is 28.9 Å². The molecule has 2 unspecified atom stereocenters. The van der Waals surface area contributed by atoms with Crippen LogP contribution < -0.4 is 5.32 Å². The van der Waals surface area contributed by atoms with Crippen LogP contribution in [0.15, 0.2) is 17.4 Å². The number of carbonyl (C=O) groups excluding carboxylic acids is 2. The average molecular weight is 641 g/mol. The first-order chi connectivity index (χ1) is 20.8. The number of amides is 1. The summed E-state index contributed by atoms with van der Waals surface area (Å²) in [5.41, 5.74) is 0.673. The van der Waals surface area contributed by atoms with Crippen molar-refractivity contribution in [3.63, 3.8) is 0 Å². The number of halogens is 4. The van der Waals surface area contributed by atoms with Crippen molar-refractivity contribution in [2.75, 3.05) is 26.7 Å². The van der Waals surface area contributed by atoms with Gasteiger partial charge in [-0.1, -0.05) is 13.8 Å². The third kappa shape index (κ3) is 10.6. The lowest BCUT2D eigenvalue weighted by Gasteiger charge is -2.42. The Hall–Kier alpha value is -3.29. The third-order valence-electron chi connectivity index (χ3n) is 8.52. The smallest absolute Gasteiger partial charge is 0.251 e. The highest BCUT2D eigenvalue weighted by Crippen LogP contribution is 2.38. The van der Waals surface area contributed by atoms with E-state index in [9.17, 15) is 27.2 Å². The molecule has 1 aliphatic rings. The van der Waals surface area contributed by atoms with E-state index in [-0.39, 0.29) is 42.7 Å². The Morgan fingerprint density at radius 2 is 1.82 bits per heavy atom. The molecule has 14 heteroatoms. The van der Waals surface area contributed by atoms with Gasteiger partial charge in [-0.3, -0.25) is 20.0 Å². The van der Waals surface area contributed by atoms with Gasteiger partial charge in [-0.25, -0.2) is 32.0 Å². The second-order valence-electron chi connectivity index (χ2n) is 12.2. The van der Waals surface area contributed by atoms with Crippen molar-refractivity contribution in [3.8, 4) is 0 Å².